The molecule has 12 heteroatoms. The van der Waals surface area contributed by atoms with E-state index in [0.717, 1.165) is 21.4 Å². The Hall–Kier alpha value is -2.98. The number of rotatable bonds is 5. The van der Waals surface area contributed by atoms with Crippen molar-refractivity contribution in [3.05, 3.63) is 68.6 Å². The number of hydrogen-bond donors (Lipinski definition) is 2. The Bertz CT molecular complexity index is 1170. The molecule has 1 heterocycles. The van der Waals surface area contributed by atoms with Crippen LogP contribution in [-0.4, -0.2) is 26.9 Å². The highest BCUT2D eigenvalue weighted by atomic mass is 35.5. The summed E-state index contributed by atoms with van der Waals surface area (Å²) in [6.45, 7) is 0.0620. The fourth-order valence-corrected chi connectivity index (χ4v) is 3.04. The summed E-state index contributed by atoms with van der Waals surface area (Å²) in [5, 5.41) is 9.84. The number of benzene rings is 2. The molecule has 2 amide bonds. The number of alkyl halides is 3. The summed E-state index contributed by atoms with van der Waals surface area (Å²) in [5.41, 5.74) is -0.793. The molecule has 0 saturated carbocycles. The van der Waals surface area contributed by atoms with Gasteiger partial charge in [0.05, 0.1) is 22.2 Å². The van der Waals surface area contributed by atoms with Crippen molar-refractivity contribution in [3.63, 3.8) is 0 Å². The molecule has 3 rings (SSSR count). The first-order valence-corrected chi connectivity index (χ1v) is 9.63. The molecule has 0 aliphatic carbocycles. The minimum absolute atomic E-state index is 0.0143. The fraction of sp³-hybridized carbons (Fsp3) is 0.211. The van der Waals surface area contributed by atoms with Gasteiger partial charge in [-0.25, -0.2) is 14.3 Å². The zero-order valence-corrected chi connectivity index (χ0v) is 17.5. The van der Waals surface area contributed by atoms with Gasteiger partial charge in [-0.3, -0.25) is 4.57 Å². The van der Waals surface area contributed by atoms with E-state index in [1.807, 2.05) is 0 Å². The van der Waals surface area contributed by atoms with Gasteiger partial charge in [0.25, 0.3) is 0 Å². The van der Waals surface area contributed by atoms with Crippen LogP contribution in [0.1, 0.15) is 5.56 Å². The summed E-state index contributed by atoms with van der Waals surface area (Å²) in [4.78, 5) is 24.4. The Labute approximate surface area is 184 Å². The first-order valence-electron chi connectivity index (χ1n) is 8.87. The van der Waals surface area contributed by atoms with Crippen molar-refractivity contribution in [2.75, 3.05) is 11.9 Å². The molecule has 0 radical (unpaired) electrons. The Morgan fingerprint density at radius 3 is 2.55 bits per heavy atom. The molecule has 7 nitrogen and oxygen atoms in total. The second-order valence-electron chi connectivity index (χ2n) is 6.48. The van der Waals surface area contributed by atoms with Crippen LogP contribution < -0.4 is 16.3 Å². The van der Waals surface area contributed by atoms with Gasteiger partial charge in [-0.05, 0) is 30.3 Å². The van der Waals surface area contributed by atoms with Crippen LogP contribution in [0.25, 0.3) is 11.4 Å². The predicted molar refractivity (Wildman–Crippen MR) is 111 cm³/mol. The molecular weight excluding hydrogens is 458 g/mol. The highest BCUT2D eigenvalue weighted by molar-refractivity contribution is 6.42. The van der Waals surface area contributed by atoms with E-state index in [-0.39, 0.29) is 29.5 Å². The van der Waals surface area contributed by atoms with Gasteiger partial charge >= 0.3 is 17.9 Å². The van der Waals surface area contributed by atoms with Crippen molar-refractivity contribution in [2.24, 2.45) is 7.05 Å². The lowest BCUT2D eigenvalue weighted by atomic mass is 10.1. The number of aromatic nitrogens is 3. The monoisotopic (exact) mass is 473 g/mol. The largest absolute Gasteiger partial charge is 0.416 e. The maximum absolute atomic E-state index is 13.0. The third-order valence-electron chi connectivity index (χ3n) is 4.28. The van der Waals surface area contributed by atoms with Crippen molar-refractivity contribution in [1.82, 2.24) is 19.7 Å². The molecular formula is C19H16Cl2F3N5O2. The van der Waals surface area contributed by atoms with E-state index in [1.165, 1.54) is 31.3 Å². The maximum atomic E-state index is 13.0. The molecule has 0 spiro atoms. The normalized spacial score (nSPS) is 11.4. The zero-order chi connectivity index (χ0) is 22.8. The van der Waals surface area contributed by atoms with E-state index in [2.05, 4.69) is 15.7 Å². The van der Waals surface area contributed by atoms with Crippen LogP contribution in [0.2, 0.25) is 10.0 Å². The average Bonchev–Trinajstić information content (AvgIpc) is 2.99. The lowest BCUT2D eigenvalue weighted by Crippen LogP contribution is -2.34. The van der Waals surface area contributed by atoms with Crippen molar-refractivity contribution in [1.29, 1.82) is 0 Å². The molecule has 2 aromatic carbocycles. The Kier molecular flexibility index (Phi) is 6.61. The molecule has 0 atom stereocenters. The van der Waals surface area contributed by atoms with Gasteiger partial charge < -0.3 is 10.6 Å². The van der Waals surface area contributed by atoms with Gasteiger partial charge in [0.1, 0.15) is 0 Å². The van der Waals surface area contributed by atoms with Crippen LogP contribution in [0, 0.1) is 0 Å². The van der Waals surface area contributed by atoms with Gasteiger partial charge in [0.2, 0.25) is 0 Å². The van der Waals surface area contributed by atoms with Gasteiger partial charge in [0.15, 0.2) is 5.82 Å². The zero-order valence-electron chi connectivity index (χ0n) is 16.0. The molecule has 2 N–H and O–H groups in total. The Morgan fingerprint density at radius 1 is 1.13 bits per heavy atom. The average molecular weight is 474 g/mol. The predicted octanol–water partition coefficient (Wildman–Crippen LogP) is 4.40. The van der Waals surface area contributed by atoms with Gasteiger partial charge in [-0.15, -0.1) is 5.10 Å². The number of urea groups is 1. The fourth-order valence-electron chi connectivity index (χ4n) is 2.74. The van der Waals surface area contributed by atoms with Gasteiger partial charge in [-0.1, -0.05) is 35.3 Å². The second-order valence-corrected chi connectivity index (χ2v) is 7.29. The quantitative estimate of drug-likeness (QED) is 0.576. The minimum Gasteiger partial charge on any atom is -0.336 e. The first-order chi connectivity index (χ1) is 14.6. The van der Waals surface area contributed by atoms with Crippen LogP contribution in [-0.2, 0) is 19.8 Å². The van der Waals surface area contributed by atoms with E-state index in [9.17, 15) is 22.8 Å². The summed E-state index contributed by atoms with van der Waals surface area (Å²) >= 11 is 11.7. The molecule has 0 saturated heterocycles. The van der Waals surface area contributed by atoms with Crippen LogP contribution in [0.4, 0.5) is 23.7 Å². The van der Waals surface area contributed by atoms with E-state index < -0.39 is 23.5 Å². The maximum Gasteiger partial charge on any atom is 0.416 e. The SMILES string of the molecule is Cn1c(-c2cccc(C(F)(F)F)c2)nn(CCNC(=O)Nc2ccc(Cl)c(Cl)c2)c1=O. The number of amides is 2. The minimum atomic E-state index is -4.51. The Morgan fingerprint density at radius 2 is 1.87 bits per heavy atom. The van der Waals surface area contributed by atoms with E-state index in [1.54, 1.807) is 6.07 Å². The summed E-state index contributed by atoms with van der Waals surface area (Å²) in [5.74, 6) is 0.0800. The number of anilines is 1. The van der Waals surface area contributed by atoms with Crippen molar-refractivity contribution in [3.8, 4) is 11.4 Å². The van der Waals surface area contributed by atoms with Crippen LogP contribution in [0.5, 0.6) is 0 Å². The third kappa shape index (κ3) is 5.39. The molecule has 0 fully saturated rings. The molecule has 3 aromatic rings. The first kappa shape index (κ1) is 22.7. The highest BCUT2D eigenvalue weighted by Crippen LogP contribution is 2.31. The van der Waals surface area contributed by atoms with Crippen LogP contribution in [0.3, 0.4) is 0 Å². The number of carbonyl (C=O) groups excluding carboxylic acids is 1. The van der Waals surface area contributed by atoms with Crippen molar-refractivity contribution >= 4 is 34.9 Å². The smallest absolute Gasteiger partial charge is 0.336 e. The number of halogens is 5. The molecule has 0 aliphatic rings. The summed E-state index contributed by atoms with van der Waals surface area (Å²) in [7, 11) is 1.41. The van der Waals surface area contributed by atoms with Gasteiger partial charge in [0, 0.05) is 24.8 Å². The molecule has 164 valence electrons. The standard InChI is InChI=1S/C19H16Cl2F3N5O2/c1-28-16(11-3-2-4-12(9-11)19(22,23)24)27-29(18(28)31)8-7-25-17(30)26-13-5-6-14(20)15(21)10-13/h2-6,9-10H,7-8H2,1H3,(H2,25,26,30). The van der Waals surface area contributed by atoms with Crippen LogP contribution in [0.15, 0.2) is 47.3 Å². The van der Waals surface area contributed by atoms with Crippen LogP contribution >= 0.6 is 23.2 Å². The molecule has 0 bridgehead atoms. The van der Waals surface area contributed by atoms with E-state index in [4.69, 9.17) is 23.2 Å². The van der Waals surface area contributed by atoms with Crippen molar-refractivity contribution in [2.45, 2.75) is 12.7 Å². The summed E-state index contributed by atoms with van der Waals surface area (Å²) in [6, 6.07) is 8.58. The molecule has 0 aliphatic heterocycles. The summed E-state index contributed by atoms with van der Waals surface area (Å²) in [6.07, 6.45) is -4.51. The van der Waals surface area contributed by atoms with Gasteiger partial charge in [-0.2, -0.15) is 13.2 Å². The second kappa shape index (κ2) is 9.03. The highest BCUT2D eigenvalue weighted by Gasteiger charge is 2.30. The molecule has 0 unspecified atom stereocenters. The van der Waals surface area contributed by atoms with Crippen molar-refractivity contribution < 1.29 is 18.0 Å². The number of nitrogens with one attached hydrogen (secondary N) is 2. The summed E-state index contributed by atoms with van der Waals surface area (Å²) < 4.78 is 41.1. The van der Waals surface area contributed by atoms with E-state index >= 15 is 0 Å². The number of carbonyl (C=O) groups is 1. The third-order valence-corrected chi connectivity index (χ3v) is 5.01. The lowest BCUT2D eigenvalue weighted by molar-refractivity contribution is -0.137. The Balaban J connectivity index is 1.66. The van der Waals surface area contributed by atoms with E-state index in [0.29, 0.717) is 10.7 Å². The number of hydrogen-bond acceptors (Lipinski definition) is 3. The molecule has 1 aromatic heterocycles. The topological polar surface area (TPSA) is 81.0 Å². The number of nitrogens with zero attached hydrogens (tertiary/aromatic N) is 3. The molecule has 31 heavy (non-hydrogen) atoms. The lowest BCUT2D eigenvalue weighted by Gasteiger charge is -2.08.